The second kappa shape index (κ2) is 10.5. The van der Waals surface area contributed by atoms with E-state index in [1.807, 2.05) is 0 Å². The highest BCUT2D eigenvalue weighted by molar-refractivity contribution is 9.10. The molecule has 0 N–H and O–H groups in total. The summed E-state index contributed by atoms with van der Waals surface area (Å²) in [5.41, 5.74) is -5.12. The van der Waals surface area contributed by atoms with Crippen LogP contribution in [0.2, 0.25) is 0 Å². The molecule has 1 atom stereocenters. The minimum Gasteiger partial charge on any atom is -0.461 e. The maximum atomic E-state index is 14.8. The largest absolute Gasteiger partial charge is 0.461 e. The average molecular weight is 579 g/mol. The smallest absolute Gasteiger partial charge is 0.431 e. The van der Waals surface area contributed by atoms with Gasteiger partial charge < -0.3 is 14.2 Å². The third-order valence-electron chi connectivity index (χ3n) is 4.62. The molecule has 0 fully saturated rings. The molecule has 2 aromatic carbocycles. The van der Waals surface area contributed by atoms with Gasteiger partial charge in [0.15, 0.2) is 11.5 Å². The first-order chi connectivity index (χ1) is 16.8. The molecule has 0 saturated heterocycles. The first kappa shape index (κ1) is 26.9. The summed E-state index contributed by atoms with van der Waals surface area (Å²) in [4.78, 5) is 36.5. The van der Waals surface area contributed by atoms with Crippen molar-refractivity contribution < 1.29 is 41.0 Å². The Morgan fingerprint density at radius 3 is 2.33 bits per heavy atom. The molecule has 8 nitrogen and oxygen atoms in total. The zero-order valence-corrected chi connectivity index (χ0v) is 20.0. The molecule has 0 amide bonds. The molecule has 0 aliphatic rings. The fourth-order valence-electron chi connectivity index (χ4n) is 3.01. The summed E-state index contributed by atoms with van der Waals surface area (Å²) in [5, 5.41) is 0. The molecule has 0 saturated carbocycles. The maximum absolute atomic E-state index is 14.8. The lowest BCUT2D eigenvalue weighted by atomic mass is 10.2. The van der Waals surface area contributed by atoms with Gasteiger partial charge in [-0.1, -0.05) is 12.1 Å². The first-order valence-corrected chi connectivity index (χ1v) is 10.8. The van der Waals surface area contributed by atoms with Gasteiger partial charge in [0.25, 0.3) is 5.56 Å². The van der Waals surface area contributed by atoms with Gasteiger partial charge in [-0.2, -0.15) is 17.6 Å². The van der Waals surface area contributed by atoms with Gasteiger partial charge >= 0.3 is 24.2 Å². The number of hydrogen-bond donors (Lipinski definition) is 0. The predicted octanol–water partition coefficient (Wildman–Crippen LogP) is 4.49. The van der Waals surface area contributed by atoms with E-state index in [2.05, 4.69) is 20.7 Å². The van der Waals surface area contributed by atoms with Gasteiger partial charge in [-0.05, 0) is 41.1 Å². The van der Waals surface area contributed by atoms with E-state index in [-0.39, 0.29) is 43.5 Å². The van der Waals surface area contributed by atoms with Crippen LogP contribution in [0.1, 0.15) is 12.6 Å². The lowest BCUT2D eigenvalue weighted by molar-refractivity contribution is -0.159. The van der Waals surface area contributed by atoms with Gasteiger partial charge in [-0.25, -0.2) is 18.5 Å². The van der Waals surface area contributed by atoms with Crippen LogP contribution in [-0.4, -0.2) is 28.1 Å². The molecule has 0 bridgehead atoms. The normalized spacial score (nSPS) is 12.2. The van der Waals surface area contributed by atoms with Crippen molar-refractivity contribution in [3.05, 3.63) is 79.3 Å². The van der Waals surface area contributed by atoms with E-state index in [0.717, 1.165) is 19.2 Å². The van der Waals surface area contributed by atoms with Crippen molar-refractivity contribution in [1.29, 1.82) is 0 Å². The Labute approximate surface area is 207 Å². The van der Waals surface area contributed by atoms with Gasteiger partial charge in [0.2, 0.25) is 0 Å². The molecule has 0 unspecified atom stereocenters. The number of halogens is 6. The lowest BCUT2D eigenvalue weighted by Gasteiger charge is -2.17. The number of alkyl halides is 4. The topological polar surface area (TPSA) is 88.8 Å². The van der Waals surface area contributed by atoms with E-state index in [1.54, 1.807) is 0 Å². The first-order valence-electron chi connectivity index (χ1n) is 9.99. The molecule has 1 heterocycles. The molecule has 0 aliphatic heterocycles. The average Bonchev–Trinajstić information content (AvgIpc) is 2.79. The number of aromatic nitrogens is 2. The van der Waals surface area contributed by atoms with Crippen LogP contribution in [0.5, 0.6) is 17.2 Å². The van der Waals surface area contributed by atoms with Crippen LogP contribution in [-0.2, 0) is 22.8 Å². The number of carbonyl (C=O) groups excluding carboxylic acids is 1. The molecule has 0 spiro atoms. The summed E-state index contributed by atoms with van der Waals surface area (Å²) in [6.45, 7) is 1.38. The number of ether oxygens (including phenoxy) is 3. The van der Waals surface area contributed by atoms with Gasteiger partial charge in [-0.15, -0.1) is 0 Å². The zero-order valence-electron chi connectivity index (χ0n) is 18.4. The van der Waals surface area contributed by atoms with Crippen LogP contribution in [0.3, 0.4) is 0 Å². The Morgan fingerprint density at radius 1 is 1.08 bits per heavy atom. The molecule has 36 heavy (non-hydrogen) atoms. The summed E-state index contributed by atoms with van der Waals surface area (Å²) < 4.78 is 83.6. The van der Waals surface area contributed by atoms with Crippen molar-refractivity contribution in [2.75, 3.05) is 6.61 Å². The standard InChI is InChI=1S/C22H16BrF5N2O6/c1-3-34-20(32)19(25)36-15-7-5-4-6-14(15)35-16-9-13(12(24)8-11(16)23)30-18(31)10-17(22(26,27)28)29(2)21(30)33/h4-10,19H,3H2,1-2H3/t19-/m1/s1. The molecular weight excluding hydrogens is 563 g/mol. The predicted molar refractivity (Wildman–Crippen MR) is 119 cm³/mol. The molecule has 3 rings (SSSR count). The van der Waals surface area contributed by atoms with Gasteiger partial charge in [0, 0.05) is 19.2 Å². The van der Waals surface area contributed by atoms with Crippen LogP contribution in [0.25, 0.3) is 5.69 Å². The third-order valence-corrected chi connectivity index (χ3v) is 5.24. The minimum atomic E-state index is -5.00. The number of carbonyl (C=O) groups is 1. The lowest BCUT2D eigenvalue weighted by Crippen LogP contribution is -2.41. The van der Waals surface area contributed by atoms with Crippen LogP contribution in [0.15, 0.2) is 56.5 Å². The van der Waals surface area contributed by atoms with E-state index >= 15 is 0 Å². The molecular formula is C22H16BrF5N2O6. The molecule has 14 heteroatoms. The number of benzene rings is 2. The Morgan fingerprint density at radius 2 is 1.72 bits per heavy atom. The summed E-state index contributed by atoms with van der Waals surface area (Å²) in [7, 11) is 0.778. The van der Waals surface area contributed by atoms with Crippen LogP contribution in [0, 0.1) is 5.82 Å². The molecule has 192 valence electrons. The third kappa shape index (κ3) is 5.58. The van der Waals surface area contributed by atoms with Crippen LogP contribution < -0.4 is 20.7 Å². The van der Waals surface area contributed by atoms with Crippen molar-refractivity contribution >= 4 is 21.9 Å². The Balaban J connectivity index is 2.06. The Bertz CT molecular complexity index is 1420. The maximum Gasteiger partial charge on any atom is 0.431 e. The van der Waals surface area contributed by atoms with Gasteiger partial charge in [0.1, 0.15) is 17.3 Å². The molecule has 0 aliphatic carbocycles. The second-order valence-corrected chi connectivity index (χ2v) is 7.87. The summed E-state index contributed by atoms with van der Waals surface area (Å²) in [6.07, 6.45) is -7.49. The fourth-order valence-corrected chi connectivity index (χ4v) is 3.40. The van der Waals surface area contributed by atoms with Crippen molar-refractivity contribution in [1.82, 2.24) is 9.13 Å². The number of hydrogen-bond acceptors (Lipinski definition) is 6. The van der Waals surface area contributed by atoms with Crippen LogP contribution in [0.4, 0.5) is 22.0 Å². The van der Waals surface area contributed by atoms with Crippen molar-refractivity contribution in [2.24, 2.45) is 7.05 Å². The minimum absolute atomic E-state index is 0.0301. The highest BCUT2D eigenvalue weighted by atomic mass is 79.9. The SMILES string of the molecule is CCOC(=O)[C@H](F)Oc1ccccc1Oc1cc(-n2c(=O)cc(C(F)(F)F)n(C)c2=O)c(F)cc1Br. The fraction of sp³-hybridized carbons (Fsp3) is 0.227. The summed E-state index contributed by atoms with van der Waals surface area (Å²) in [5.74, 6) is -3.05. The number of esters is 1. The molecule has 0 radical (unpaired) electrons. The highest BCUT2D eigenvalue weighted by Gasteiger charge is 2.35. The second-order valence-electron chi connectivity index (χ2n) is 7.01. The summed E-state index contributed by atoms with van der Waals surface area (Å²) in [6, 6.07) is 7.33. The van der Waals surface area contributed by atoms with Crippen molar-refractivity contribution in [2.45, 2.75) is 19.5 Å². The van der Waals surface area contributed by atoms with Crippen molar-refractivity contribution in [3.8, 4) is 22.9 Å². The highest BCUT2D eigenvalue weighted by Crippen LogP contribution is 2.37. The number of rotatable bonds is 7. The Hall–Kier alpha value is -3.68. The monoisotopic (exact) mass is 578 g/mol. The van der Waals surface area contributed by atoms with Crippen molar-refractivity contribution in [3.63, 3.8) is 0 Å². The van der Waals surface area contributed by atoms with Crippen LogP contribution >= 0.6 is 15.9 Å². The summed E-state index contributed by atoms with van der Waals surface area (Å²) >= 11 is 3.05. The van der Waals surface area contributed by atoms with E-state index < -0.39 is 47.0 Å². The van der Waals surface area contributed by atoms with E-state index in [9.17, 15) is 36.3 Å². The van der Waals surface area contributed by atoms with E-state index in [0.29, 0.717) is 0 Å². The molecule has 1 aromatic heterocycles. The zero-order chi connectivity index (χ0) is 26.8. The number of nitrogens with zero attached hydrogens (tertiary/aromatic N) is 2. The number of para-hydroxylation sites is 2. The quantitative estimate of drug-likeness (QED) is 0.303. The van der Waals surface area contributed by atoms with E-state index in [4.69, 9.17) is 9.47 Å². The Kier molecular flexibility index (Phi) is 7.86. The van der Waals surface area contributed by atoms with E-state index in [1.165, 1.54) is 31.2 Å². The van der Waals surface area contributed by atoms with Gasteiger partial charge in [-0.3, -0.25) is 9.36 Å². The van der Waals surface area contributed by atoms with Gasteiger partial charge in [0.05, 0.1) is 16.8 Å². The molecule has 3 aromatic rings.